The van der Waals surface area contributed by atoms with Gasteiger partial charge in [-0.25, -0.2) is 8.42 Å². The molecule has 1 aliphatic rings. The van der Waals surface area contributed by atoms with E-state index >= 15 is 0 Å². The summed E-state index contributed by atoms with van der Waals surface area (Å²) in [6.45, 7) is 1.93. The van der Waals surface area contributed by atoms with Gasteiger partial charge >= 0.3 is 0 Å². The van der Waals surface area contributed by atoms with Crippen molar-refractivity contribution >= 4 is 9.84 Å². The molecule has 1 N–H and O–H groups in total. The van der Waals surface area contributed by atoms with Gasteiger partial charge in [-0.1, -0.05) is 0 Å². The predicted octanol–water partition coefficient (Wildman–Crippen LogP) is 0.963. The molecule has 1 unspecified atom stereocenters. The summed E-state index contributed by atoms with van der Waals surface area (Å²) in [6, 6.07) is 3.84. The minimum absolute atomic E-state index is 0.125. The minimum atomic E-state index is -2.78. The molecule has 1 aromatic rings. The van der Waals surface area contributed by atoms with Crippen LogP contribution < -0.4 is 5.32 Å². The highest BCUT2D eigenvalue weighted by Crippen LogP contribution is 2.11. The van der Waals surface area contributed by atoms with Crippen LogP contribution >= 0.6 is 0 Å². The minimum Gasteiger partial charge on any atom is -0.467 e. The van der Waals surface area contributed by atoms with E-state index in [1.54, 1.807) is 6.26 Å². The van der Waals surface area contributed by atoms with E-state index in [1.165, 1.54) is 0 Å². The standard InChI is InChI=1S/C12H19NO4S/c14-18(15)8-4-11(10-18)13-5-2-6-16-9-12-3-1-7-17-12/h1,3,7,11,13H,2,4-6,8-10H2. The number of hydrogen-bond acceptors (Lipinski definition) is 5. The van der Waals surface area contributed by atoms with Crippen molar-refractivity contribution in [3.05, 3.63) is 24.2 Å². The molecule has 1 aromatic heterocycles. The molecule has 1 atom stereocenters. The van der Waals surface area contributed by atoms with Gasteiger partial charge < -0.3 is 14.5 Å². The highest BCUT2D eigenvalue weighted by atomic mass is 32.2. The van der Waals surface area contributed by atoms with Gasteiger partial charge in [-0.2, -0.15) is 0 Å². The first kappa shape index (κ1) is 13.6. The van der Waals surface area contributed by atoms with Gasteiger partial charge in [0.25, 0.3) is 0 Å². The predicted molar refractivity (Wildman–Crippen MR) is 68.0 cm³/mol. The quantitative estimate of drug-likeness (QED) is 0.750. The van der Waals surface area contributed by atoms with Crippen molar-refractivity contribution in [2.75, 3.05) is 24.7 Å². The fraction of sp³-hybridized carbons (Fsp3) is 0.667. The topological polar surface area (TPSA) is 68.5 Å². The number of rotatable bonds is 7. The van der Waals surface area contributed by atoms with E-state index in [4.69, 9.17) is 9.15 Å². The summed E-state index contributed by atoms with van der Waals surface area (Å²) >= 11 is 0. The van der Waals surface area contributed by atoms with Gasteiger partial charge in [0.15, 0.2) is 9.84 Å². The summed E-state index contributed by atoms with van der Waals surface area (Å²) in [6.07, 6.45) is 3.23. The zero-order valence-corrected chi connectivity index (χ0v) is 11.1. The molecule has 6 heteroatoms. The van der Waals surface area contributed by atoms with Crippen LogP contribution in [0.25, 0.3) is 0 Å². The fourth-order valence-electron chi connectivity index (χ4n) is 2.00. The average molecular weight is 273 g/mol. The molecule has 0 amide bonds. The Morgan fingerprint density at radius 3 is 3.06 bits per heavy atom. The molecule has 5 nitrogen and oxygen atoms in total. The molecule has 18 heavy (non-hydrogen) atoms. The number of ether oxygens (including phenoxy) is 1. The van der Waals surface area contributed by atoms with E-state index in [0.29, 0.717) is 19.0 Å². The molecule has 102 valence electrons. The molecule has 1 saturated heterocycles. The lowest BCUT2D eigenvalue weighted by Gasteiger charge is -2.10. The zero-order valence-electron chi connectivity index (χ0n) is 10.3. The summed E-state index contributed by atoms with van der Waals surface area (Å²) in [7, 11) is -2.78. The summed E-state index contributed by atoms with van der Waals surface area (Å²) in [4.78, 5) is 0. The van der Waals surface area contributed by atoms with Crippen molar-refractivity contribution in [2.24, 2.45) is 0 Å². The summed E-state index contributed by atoms with van der Waals surface area (Å²) in [5.41, 5.74) is 0. The number of sulfone groups is 1. The molecule has 0 bridgehead atoms. The van der Waals surface area contributed by atoms with Crippen LogP contribution in [-0.2, 0) is 21.2 Å². The first-order valence-electron chi connectivity index (χ1n) is 6.20. The van der Waals surface area contributed by atoms with E-state index in [-0.39, 0.29) is 11.8 Å². The Morgan fingerprint density at radius 1 is 1.50 bits per heavy atom. The SMILES string of the molecule is O=S1(=O)CCC(NCCCOCc2ccco2)C1. The Hall–Kier alpha value is -0.850. The lowest BCUT2D eigenvalue weighted by atomic mass is 10.2. The van der Waals surface area contributed by atoms with E-state index in [2.05, 4.69) is 5.32 Å². The Kier molecular flexibility index (Phi) is 4.79. The molecule has 0 aliphatic carbocycles. The van der Waals surface area contributed by atoms with Gasteiger partial charge in [0.05, 0.1) is 17.8 Å². The molecule has 0 radical (unpaired) electrons. The first-order chi connectivity index (χ1) is 8.66. The Labute approximate surface area is 107 Å². The van der Waals surface area contributed by atoms with Crippen LogP contribution in [-0.4, -0.2) is 39.1 Å². The lowest BCUT2D eigenvalue weighted by Crippen LogP contribution is -2.31. The van der Waals surface area contributed by atoms with Crippen molar-refractivity contribution in [1.82, 2.24) is 5.32 Å². The third-order valence-corrected chi connectivity index (χ3v) is 4.72. The smallest absolute Gasteiger partial charge is 0.151 e. The van der Waals surface area contributed by atoms with Gasteiger partial charge in [0.1, 0.15) is 12.4 Å². The van der Waals surface area contributed by atoms with Crippen molar-refractivity contribution < 1.29 is 17.6 Å². The first-order valence-corrected chi connectivity index (χ1v) is 8.02. The maximum atomic E-state index is 11.2. The van der Waals surface area contributed by atoms with Crippen LogP contribution in [0.3, 0.4) is 0 Å². The molecule has 0 saturated carbocycles. The second-order valence-electron chi connectivity index (χ2n) is 4.54. The summed E-state index contributed by atoms with van der Waals surface area (Å²) in [5, 5.41) is 3.25. The highest BCUT2D eigenvalue weighted by Gasteiger charge is 2.26. The van der Waals surface area contributed by atoms with Crippen LogP contribution in [0, 0.1) is 0 Å². The number of hydrogen-bond donors (Lipinski definition) is 1. The summed E-state index contributed by atoms with van der Waals surface area (Å²) in [5.74, 6) is 1.42. The summed E-state index contributed by atoms with van der Waals surface area (Å²) < 4.78 is 33.0. The molecule has 0 aromatic carbocycles. The lowest BCUT2D eigenvalue weighted by molar-refractivity contribution is 0.104. The van der Waals surface area contributed by atoms with E-state index in [0.717, 1.165) is 25.1 Å². The largest absolute Gasteiger partial charge is 0.467 e. The third-order valence-electron chi connectivity index (χ3n) is 2.96. The molecule has 2 heterocycles. The Morgan fingerprint density at radius 2 is 2.39 bits per heavy atom. The van der Waals surface area contributed by atoms with E-state index < -0.39 is 9.84 Å². The molecule has 2 rings (SSSR count). The number of nitrogens with one attached hydrogen (secondary N) is 1. The molecule has 1 fully saturated rings. The fourth-order valence-corrected chi connectivity index (χ4v) is 3.71. The average Bonchev–Trinajstić information content (AvgIpc) is 2.93. The van der Waals surface area contributed by atoms with Crippen LogP contribution in [0.1, 0.15) is 18.6 Å². The molecule has 1 aliphatic heterocycles. The maximum absolute atomic E-state index is 11.2. The normalized spacial score (nSPS) is 22.3. The van der Waals surface area contributed by atoms with Crippen LogP contribution in [0.4, 0.5) is 0 Å². The highest BCUT2D eigenvalue weighted by molar-refractivity contribution is 7.91. The van der Waals surface area contributed by atoms with Crippen LogP contribution in [0.2, 0.25) is 0 Å². The van der Waals surface area contributed by atoms with Gasteiger partial charge in [-0.15, -0.1) is 0 Å². The number of furan rings is 1. The van der Waals surface area contributed by atoms with E-state index in [1.807, 2.05) is 12.1 Å². The third kappa shape index (κ3) is 4.44. The van der Waals surface area contributed by atoms with Crippen molar-refractivity contribution in [1.29, 1.82) is 0 Å². The van der Waals surface area contributed by atoms with Gasteiger partial charge in [-0.05, 0) is 31.5 Å². The monoisotopic (exact) mass is 273 g/mol. The van der Waals surface area contributed by atoms with Gasteiger partial charge in [0.2, 0.25) is 0 Å². The van der Waals surface area contributed by atoms with E-state index in [9.17, 15) is 8.42 Å². The van der Waals surface area contributed by atoms with Gasteiger partial charge in [0, 0.05) is 12.6 Å². The van der Waals surface area contributed by atoms with Crippen molar-refractivity contribution in [3.63, 3.8) is 0 Å². The molecule has 0 spiro atoms. The van der Waals surface area contributed by atoms with Crippen molar-refractivity contribution in [3.8, 4) is 0 Å². The second kappa shape index (κ2) is 6.36. The molecular formula is C12H19NO4S. The maximum Gasteiger partial charge on any atom is 0.151 e. The Bertz CT molecular complexity index is 441. The zero-order chi connectivity index (χ0) is 12.8. The van der Waals surface area contributed by atoms with Crippen LogP contribution in [0.5, 0.6) is 0 Å². The van der Waals surface area contributed by atoms with Gasteiger partial charge in [-0.3, -0.25) is 0 Å². The van der Waals surface area contributed by atoms with Crippen LogP contribution in [0.15, 0.2) is 22.8 Å². The molecular weight excluding hydrogens is 254 g/mol. The Balaban J connectivity index is 1.49. The second-order valence-corrected chi connectivity index (χ2v) is 6.77. The van der Waals surface area contributed by atoms with Crippen molar-refractivity contribution in [2.45, 2.75) is 25.5 Å².